The van der Waals surface area contributed by atoms with Crippen LogP contribution in [0.15, 0.2) is 36.5 Å². The van der Waals surface area contributed by atoms with Crippen LogP contribution in [-0.2, 0) is 14.3 Å². The number of esters is 1. The number of amides is 1. The number of rotatable bonds is 81. The van der Waals surface area contributed by atoms with Gasteiger partial charge in [-0.05, 0) is 83.5 Å². The van der Waals surface area contributed by atoms with Crippen LogP contribution in [0, 0.1) is 0 Å². The lowest BCUT2D eigenvalue weighted by Crippen LogP contribution is -2.45. The molecule has 1 amide bonds. The van der Waals surface area contributed by atoms with Gasteiger partial charge in [-0.2, -0.15) is 0 Å². The van der Waals surface area contributed by atoms with Crippen LogP contribution in [0.25, 0.3) is 0 Å². The molecule has 0 aliphatic carbocycles. The molecule has 2 atom stereocenters. The van der Waals surface area contributed by atoms with Gasteiger partial charge in [-0.1, -0.05) is 423 Å². The van der Waals surface area contributed by atoms with Crippen molar-refractivity contribution in [1.29, 1.82) is 0 Å². The summed E-state index contributed by atoms with van der Waals surface area (Å²) in [6.07, 6.45) is 108. The molecule has 0 bridgehead atoms. The monoisotopic (exact) mass is 1310 g/mol. The fraction of sp³-hybridized carbons (Fsp3) is 0.908. The van der Waals surface area contributed by atoms with Crippen molar-refractivity contribution in [2.24, 2.45) is 0 Å². The summed E-state index contributed by atoms with van der Waals surface area (Å²) in [7, 11) is 0. The number of aliphatic hydroxyl groups excluding tert-OH is 2. The summed E-state index contributed by atoms with van der Waals surface area (Å²) in [4.78, 5) is 24.7. The van der Waals surface area contributed by atoms with Crippen LogP contribution in [-0.4, -0.2) is 47.4 Å². The molecule has 0 fully saturated rings. The minimum atomic E-state index is -0.663. The molecule has 6 nitrogen and oxygen atoms in total. The molecule has 0 aliphatic heterocycles. The van der Waals surface area contributed by atoms with Crippen molar-refractivity contribution >= 4 is 11.9 Å². The topological polar surface area (TPSA) is 95.9 Å². The van der Waals surface area contributed by atoms with Crippen molar-refractivity contribution < 1.29 is 24.5 Å². The number of hydrogen-bond acceptors (Lipinski definition) is 5. The predicted octanol–water partition coefficient (Wildman–Crippen LogP) is 28.6. The van der Waals surface area contributed by atoms with Gasteiger partial charge in [0.2, 0.25) is 5.91 Å². The molecule has 0 aromatic rings. The maximum absolute atomic E-state index is 12.6. The van der Waals surface area contributed by atoms with E-state index in [0.717, 1.165) is 51.4 Å². The molecule has 0 rings (SSSR count). The van der Waals surface area contributed by atoms with E-state index in [9.17, 15) is 19.8 Å². The van der Waals surface area contributed by atoms with Gasteiger partial charge >= 0.3 is 5.97 Å². The van der Waals surface area contributed by atoms with Crippen LogP contribution >= 0.6 is 0 Å². The highest BCUT2D eigenvalue weighted by molar-refractivity contribution is 5.76. The van der Waals surface area contributed by atoms with Gasteiger partial charge in [0, 0.05) is 12.8 Å². The second-order valence-electron chi connectivity index (χ2n) is 29.5. The summed E-state index contributed by atoms with van der Waals surface area (Å²) in [5.74, 6) is -0.0127. The third-order valence-corrected chi connectivity index (χ3v) is 20.2. The maximum atomic E-state index is 12.6. The van der Waals surface area contributed by atoms with E-state index in [4.69, 9.17) is 4.74 Å². The van der Waals surface area contributed by atoms with E-state index >= 15 is 0 Å². The fourth-order valence-electron chi connectivity index (χ4n) is 13.7. The van der Waals surface area contributed by atoms with Gasteiger partial charge in [0.15, 0.2) is 0 Å². The highest BCUT2D eigenvalue weighted by Crippen LogP contribution is 2.20. The standard InChI is InChI=1S/C87H167NO5/c1-3-5-7-9-11-13-15-17-19-21-22-42-45-48-51-55-59-63-67-71-75-79-85(90)84(83-89)88-86(91)80-76-72-68-64-60-56-52-49-46-43-40-38-36-34-32-30-28-26-24-23-25-27-29-31-33-35-37-39-41-44-47-50-54-58-62-66-70-74-78-82-93-87(92)81-77-73-69-65-61-57-53-20-18-16-14-12-10-8-6-4-2/h20,23-24,27,29,53,84-85,89-90H,3-19,21-22,25-26,28,30-52,54-83H2,1-2H3,(H,88,91)/b24-23-,29-27-,53-20-. The fourth-order valence-corrected chi connectivity index (χ4v) is 13.7. The lowest BCUT2D eigenvalue weighted by Gasteiger charge is -2.22. The molecular formula is C87H167NO5. The number of aliphatic hydroxyl groups is 2. The largest absolute Gasteiger partial charge is 0.466 e. The first kappa shape index (κ1) is 91.1. The second-order valence-corrected chi connectivity index (χ2v) is 29.5. The van der Waals surface area contributed by atoms with E-state index in [1.807, 2.05) is 0 Å². The lowest BCUT2D eigenvalue weighted by molar-refractivity contribution is -0.143. The van der Waals surface area contributed by atoms with Crippen LogP contribution in [0.3, 0.4) is 0 Å². The quantitative estimate of drug-likeness (QED) is 0.0320. The zero-order chi connectivity index (χ0) is 67.0. The molecule has 0 aromatic heterocycles. The normalized spacial score (nSPS) is 12.6. The van der Waals surface area contributed by atoms with Crippen molar-refractivity contribution in [3.05, 3.63) is 36.5 Å². The minimum Gasteiger partial charge on any atom is -0.466 e. The average molecular weight is 1310 g/mol. The van der Waals surface area contributed by atoms with Crippen molar-refractivity contribution in [2.75, 3.05) is 13.2 Å². The first-order valence-electron chi connectivity index (χ1n) is 42.7. The molecule has 0 spiro atoms. The van der Waals surface area contributed by atoms with E-state index in [1.54, 1.807) is 0 Å². The summed E-state index contributed by atoms with van der Waals surface area (Å²) >= 11 is 0. The van der Waals surface area contributed by atoms with Gasteiger partial charge < -0.3 is 20.3 Å². The van der Waals surface area contributed by atoms with Crippen LogP contribution in [0.2, 0.25) is 0 Å². The summed E-state index contributed by atoms with van der Waals surface area (Å²) in [6, 6.07) is -0.540. The highest BCUT2D eigenvalue weighted by Gasteiger charge is 2.20. The first-order chi connectivity index (χ1) is 46.0. The Balaban J connectivity index is 3.35. The van der Waals surface area contributed by atoms with E-state index in [0.29, 0.717) is 25.9 Å². The Morgan fingerprint density at radius 1 is 0.301 bits per heavy atom. The zero-order valence-electron chi connectivity index (χ0n) is 63.3. The molecule has 0 saturated heterocycles. The van der Waals surface area contributed by atoms with Crippen molar-refractivity contribution in [3.8, 4) is 0 Å². The van der Waals surface area contributed by atoms with Gasteiger partial charge in [0.25, 0.3) is 0 Å². The molecule has 0 heterocycles. The zero-order valence-corrected chi connectivity index (χ0v) is 63.3. The summed E-state index contributed by atoms with van der Waals surface area (Å²) in [5.41, 5.74) is 0. The van der Waals surface area contributed by atoms with Crippen LogP contribution < -0.4 is 5.32 Å². The summed E-state index contributed by atoms with van der Waals surface area (Å²) < 4.78 is 5.50. The SMILES string of the molecule is CCCCCCCCC/C=C\CCCCCCCC(=O)OCCCCCCCCCCCCCCCCC/C=C\C/C=C\CCCCCCCCCCCCCCCCCCCC(=O)NC(CO)C(O)CCCCCCCCCCCCCCCCCCCCCCC. The van der Waals surface area contributed by atoms with Gasteiger partial charge in [-0.15, -0.1) is 0 Å². The molecule has 93 heavy (non-hydrogen) atoms. The van der Waals surface area contributed by atoms with E-state index in [1.165, 1.54) is 398 Å². The Hall–Kier alpha value is -1.92. The Morgan fingerprint density at radius 3 is 0.828 bits per heavy atom. The van der Waals surface area contributed by atoms with Crippen LogP contribution in [0.4, 0.5) is 0 Å². The smallest absolute Gasteiger partial charge is 0.305 e. The maximum Gasteiger partial charge on any atom is 0.305 e. The van der Waals surface area contributed by atoms with Gasteiger partial charge in [-0.3, -0.25) is 9.59 Å². The second kappa shape index (κ2) is 82.5. The Bertz CT molecular complexity index is 1510. The van der Waals surface area contributed by atoms with E-state index < -0.39 is 12.1 Å². The summed E-state index contributed by atoms with van der Waals surface area (Å²) in [5, 5.41) is 23.5. The molecule has 6 heteroatoms. The molecule has 2 unspecified atom stereocenters. The minimum absolute atomic E-state index is 0.0138. The van der Waals surface area contributed by atoms with E-state index in [2.05, 4.69) is 55.6 Å². The number of ether oxygens (including phenoxy) is 1. The van der Waals surface area contributed by atoms with Crippen molar-refractivity contribution in [1.82, 2.24) is 5.32 Å². The number of carbonyl (C=O) groups is 2. The number of allylic oxidation sites excluding steroid dienone is 6. The van der Waals surface area contributed by atoms with Crippen molar-refractivity contribution in [3.63, 3.8) is 0 Å². The Kier molecular flexibility index (Phi) is 80.8. The summed E-state index contributed by atoms with van der Waals surface area (Å²) in [6.45, 7) is 5.00. The number of hydrogen-bond donors (Lipinski definition) is 3. The van der Waals surface area contributed by atoms with Crippen LogP contribution in [0.1, 0.15) is 483 Å². The molecule has 3 N–H and O–H groups in total. The van der Waals surface area contributed by atoms with Gasteiger partial charge in [0.05, 0.1) is 25.4 Å². The van der Waals surface area contributed by atoms with Crippen molar-refractivity contribution in [2.45, 2.75) is 495 Å². The molecular weight excluding hydrogens is 1140 g/mol. The molecule has 550 valence electrons. The number of unbranched alkanes of at least 4 members (excludes halogenated alkanes) is 64. The number of nitrogens with one attached hydrogen (secondary N) is 1. The molecule has 0 radical (unpaired) electrons. The third-order valence-electron chi connectivity index (χ3n) is 20.2. The van der Waals surface area contributed by atoms with Crippen LogP contribution in [0.5, 0.6) is 0 Å². The Labute approximate surface area is 583 Å². The average Bonchev–Trinajstić information content (AvgIpc) is 3.78. The third kappa shape index (κ3) is 79.0. The molecule has 0 aromatic carbocycles. The molecule has 0 saturated carbocycles. The number of carbonyl (C=O) groups excluding carboxylic acids is 2. The van der Waals surface area contributed by atoms with E-state index in [-0.39, 0.29) is 18.5 Å². The highest BCUT2D eigenvalue weighted by atomic mass is 16.5. The predicted molar refractivity (Wildman–Crippen MR) is 412 cm³/mol. The Morgan fingerprint density at radius 2 is 0.538 bits per heavy atom. The van der Waals surface area contributed by atoms with Gasteiger partial charge in [0.1, 0.15) is 0 Å². The lowest BCUT2D eigenvalue weighted by atomic mass is 10.0. The first-order valence-corrected chi connectivity index (χ1v) is 42.7. The van der Waals surface area contributed by atoms with Gasteiger partial charge in [-0.25, -0.2) is 0 Å². The molecule has 0 aliphatic rings.